The number of nitrogens with zero attached hydrogens (tertiary/aromatic N) is 3. The predicted molar refractivity (Wildman–Crippen MR) is 94.1 cm³/mol. The van der Waals surface area contributed by atoms with E-state index >= 15 is 0 Å². The van der Waals surface area contributed by atoms with Crippen molar-refractivity contribution in [1.29, 1.82) is 0 Å². The third kappa shape index (κ3) is 3.68. The van der Waals surface area contributed by atoms with E-state index in [2.05, 4.69) is 22.4 Å². The molecule has 3 rings (SSSR count). The first-order valence-electron chi connectivity index (χ1n) is 8.09. The number of hydrogen-bond donors (Lipinski definition) is 1. The van der Waals surface area contributed by atoms with Gasteiger partial charge in [0, 0.05) is 11.4 Å². The van der Waals surface area contributed by atoms with Crippen molar-refractivity contribution < 1.29 is 4.79 Å². The minimum atomic E-state index is -0.131. The van der Waals surface area contributed by atoms with Gasteiger partial charge in [-0.25, -0.2) is 0 Å². The van der Waals surface area contributed by atoms with Crippen molar-refractivity contribution in [3.63, 3.8) is 0 Å². The van der Waals surface area contributed by atoms with Crippen molar-refractivity contribution in [3.8, 4) is 5.69 Å². The van der Waals surface area contributed by atoms with Gasteiger partial charge in [0.05, 0.1) is 5.92 Å². The summed E-state index contributed by atoms with van der Waals surface area (Å²) in [6, 6.07) is 17.6. The fourth-order valence-electron chi connectivity index (χ4n) is 2.70. The Balaban J connectivity index is 1.73. The highest BCUT2D eigenvalue weighted by atomic mass is 16.1. The third-order valence-corrected chi connectivity index (χ3v) is 3.95. The normalized spacial score (nSPS) is 11.9. The van der Waals surface area contributed by atoms with Crippen LogP contribution in [0.5, 0.6) is 0 Å². The molecule has 1 unspecified atom stereocenters. The molecule has 24 heavy (non-hydrogen) atoms. The molecule has 5 nitrogen and oxygen atoms in total. The molecule has 0 aliphatic carbocycles. The van der Waals surface area contributed by atoms with Crippen LogP contribution in [-0.4, -0.2) is 20.7 Å². The Morgan fingerprint density at radius 1 is 1.04 bits per heavy atom. The molecule has 5 heteroatoms. The van der Waals surface area contributed by atoms with E-state index in [4.69, 9.17) is 0 Å². The van der Waals surface area contributed by atoms with E-state index in [9.17, 15) is 4.79 Å². The molecule has 1 amide bonds. The molecule has 1 N–H and O–H groups in total. The zero-order valence-corrected chi connectivity index (χ0v) is 13.6. The number of carbonyl (C=O) groups excluding carboxylic acids is 1. The highest BCUT2D eigenvalue weighted by Gasteiger charge is 2.19. The van der Waals surface area contributed by atoms with Crippen LogP contribution in [-0.2, 0) is 4.79 Å². The number of nitrogens with one attached hydrogen (secondary N) is 1. The lowest BCUT2D eigenvalue weighted by Gasteiger charge is -2.16. The molecule has 2 aromatic carbocycles. The Morgan fingerprint density at radius 2 is 1.71 bits per heavy atom. The van der Waals surface area contributed by atoms with E-state index < -0.39 is 0 Å². The fraction of sp³-hybridized carbons (Fsp3) is 0.211. The first kappa shape index (κ1) is 15.9. The van der Waals surface area contributed by atoms with Gasteiger partial charge >= 0.3 is 0 Å². The molecule has 0 fully saturated rings. The van der Waals surface area contributed by atoms with Crippen molar-refractivity contribution in [2.45, 2.75) is 25.7 Å². The van der Waals surface area contributed by atoms with Crippen LogP contribution < -0.4 is 5.32 Å². The number of amides is 1. The molecule has 1 atom stereocenters. The number of anilines is 1. The Kier molecular flexibility index (Phi) is 5.01. The molecule has 1 heterocycles. The van der Waals surface area contributed by atoms with Crippen LogP contribution in [0.3, 0.4) is 0 Å². The summed E-state index contributed by atoms with van der Waals surface area (Å²) in [5, 5.41) is 10.6. The Labute approximate surface area is 141 Å². The number of carbonyl (C=O) groups is 1. The summed E-state index contributed by atoms with van der Waals surface area (Å²) in [5.41, 5.74) is 2.79. The Morgan fingerprint density at radius 3 is 2.33 bits per heavy atom. The van der Waals surface area contributed by atoms with Crippen molar-refractivity contribution in [3.05, 3.63) is 72.8 Å². The fourth-order valence-corrected chi connectivity index (χ4v) is 2.70. The number of hydrogen-bond acceptors (Lipinski definition) is 3. The van der Waals surface area contributed by atoms with Crippen LogP contribution in [0.2, 0.25) is 0 Å². The SMILES string of the molecule is CCCC(C(=O)Nc1ccc(-n2cnnc2)cc1)c1ccccc1. The summed E-state index contributed by atoms with van der Waals surface area (Å²) in [6.45, 7) is 2.09. The molecule has 3 aromatic rings. The van der Waals surface area contributed by atoms with Gasteiger partial charge in [0.1, 0.15) is 12.7 Å². The maximum Gasteiger partial charge on any atom is 0.231 e. The highest BCUT2D eigenvalue weighted by Crippen LogP contribution is 2.23. The van der Waals surface area contributed by atoms with Crippen LogP contribution >= 0.6 is 0 Å². The van der Waals surface area contributed by atoms with Crippen LogP contribution in [0.15, 0.2) is 67.3 Å². The molecule has 0 aliphatic heterocycles. The van der Waals surface area contributed by atoms with Crippen LogP contribution in [0.4, 0.5) is 5.69 Å². The maximum atomic E-state index is 12.7. The van der Waals surface area contributed by atoms with E-state index in [0.29, 0.717) is 0 Å². The predicted octanol–water partition coefficient (Wildman–Crippen LogP) is 3.79. The standard InChI is InChI=1S/C19H20N4O/c1-2-6-18(15-7-4-3-5-8-15)19(24)22-16-9-11-17(12-10-16)23-13-20-21-14-23/h3-5,7-14,18H,2,6H2,1H3,(H,22,24). The average Bonchev–Trinajstić information content (AvgIpc) is 3.15. The Bertz CT molecular complexity index is 767. The summed E-state index contributed by atoms with van der Waals surface area (Å²) in [6.07, 6.45) is 5.06. The van der Waals surface area contributed by atoms with Gasteiger partial charge in [-0.3, -0.25) is 9.36 Å². The van der Waals surface area contributed by atoms with Gasteiger partial charge in [-0.05, 0) is 36.2 Å². The van der Waals surface area contributed by atoms with E-state index in [-0.39, 0.29) is 11.8 Å². The number of rotatable bonds is 6. The monoisotopic (exact) mass is 320 g/mol. The van der Waals surface area contributed by atoms with Crippen molar-refractivity contribution in [2.24, 2.45) is 0 Å². The molecule has 0 aliphatic rings. The largest absolute Gasteiger partial charge is 0.326 e. The molecule has 0 saturated heterocycles. The molecular weight excluding hydrogens is 300 g/mol. The number of benzene rings is 2. The van der Waals surface area contributed by atoms with Gasteiger partial charge in [-0.1, -0.05) is 43.7 Å². The summed E-state index contributed by atoms with van der Waals surface area (Å²) in [4.78, 5) is 12.7. The number of aromatic nitrogens is 3. The van der Waals surface area contributed by atoms with Gasteiger partial charge in [0.25, 0.3) is 0 Å². The van der Waals surface area contributed by atoms with E-state index in [1.807, 2.05) is 59.2 Å². The summed E-state index contributed by atoms with van der Waals surface area (Å²) in [5.74, 6) is -0.103. The zero-order valence-electron chi connectivity index (χ0n) is 13.6. The Hall–Kier alpha value is -2.95. The van der Waals surface area contributed by atoms with E-state index in [0.717, 1.165) is 29.8 Å². The zero-order chi connectivity index (χ0) is 16.8. The molecule has 0 spiro atoms. The average molecular weight is 320 g/mol. The molecule has 0 radical (unpaired) electrons. The maximum absolute atomic E-state index is 12.7. The molecule has 0 saturated carbocycles. The summed E-state index contributed by atoms with van der Waals surface area (Å²) in [7, 11) is 0. The summed E-state index contributed by atoms with van der Waals surface area (Å²) < 4.78 is 1.81. The third-order valence-electron chi connectivity index (χ3n) is 3.95. The molecular formula is C19H20N4O. The minimum absolute atomic E-state index is 0.0279. The van der Waals surface area contributed by atoms with Gasteiger partial charge in [0.2, 0.25) is 5.91 Å². The van der Waals surface area contributed by atoms with Gasteiger partial charge in [-0.15, -0.1) is 10.2 Å². The van der Waals surface area contributed by atoms with Crippen LogP contribution in [0, 0.1) is 0 Å². The van der Waals surface area contributed by atoms with Gasteiger partial charge in [0.15, 0.2) is 0 Å². The van der Waals surface area contributed by atoms with Crippen LogP contribution in [0.1, 0.15) is 31.2 Å². The lowest BCUT2D eigenvalue weighted by Crippen LogP contribution is -2.21. The van der Waals surface area contributed by atoms with Crippen molar-refractivity contribution >= 4 is 11.6 Å². The van der Waals surface area contributed by atoms with E-state index in [1.165, 1.54) is 0 Å². The van der Waals surface area contributed by atoms with Gasteiger partial charge < -0.3 is 5.32 Å². The second-order valence-electron chi connectivity index (χ2n) is 5.66. The second kappa shape index (κ2) is 7.55. The topological polar surface area (TPSA) is 59.8 Å². The molecule has 0 bridgehead atoms. The van der Waals surface area contributed by atoms with E-state index in [1.54, 1.807) is 12.7 Å². The first-order valence-corrected chi connectivity index (χ1v) is 8.09. The second-order valence-corrected chi connectivity index (χ2v) is 5.66. The van der Waals surface area contributed by atoms with Crippen molar-refractivity contribution in [1.82, 2.24) is 14.8 Å². The van der Waals surface area contributed by atoms with Gasteiger partial charge in [-0.2, -0.15) is 0 Å². The minimum Gasteiger partial charge on any atom is -0.326 e. The van der Waals surface area contributed by atoms with Crippen LogP contribution in [0.25, 0.3) is 5.69 Å². The quantitative estimate of drug-likeness (QED) is 0.751. The highest BCUT2D eigenvalue weighted by molar-refractivity contribution is 5.95. The van der Waals surface area contributed by atoms with Crippen molar-refractivity contribution in [2.75, 3.05) is 5.32 Å². The summed E-state index contributed by atoms with van der Waals surface area (Å²) >= 11 is 0. The first-order chi connectivity index (χ1) is 11.8. The molecule has 122 valence electrons. The lowest BCUT2D eigenvalue weighted by atomic mass is 9.93. The lowest BCUT2D eigenvalue weighted by molar-refractivity contribution is -0.117. The smallest absolute Gasteiger partial charge is 0.231 e. The molecule has 1 aromatic heterocycles.